The molecule has 1 nitrogen and oxygen atoms in total. The predicted octanol–water partition coefficient (Wildman–Crippen LogP) is 2.49. The molecule has 0 saturated carbocycles. The summed E-state index contributed by atoms with van der Waals surface area (Å²) in [4.78, 5) is 0. The van der Waals surface area contributed by atoms with E-state index in [9.17, 15) is 0 Å². The van der Waals surface area contributed by atoms with Gasteiger partial charge in [0.1, 0.15) is 0 Å². The van der Waals surface area contributed by atoms with Crippen LogP contribution in [0.1, 0.15) is 7.43 Å². The Balaban J connectivity index is 0. The van der Waals surface area contributed by atoms with Crippen molar-refractivity contribution >= 4 is 49.6 Å². The molecule has 0 amide bonds. The molecule has 0 bridgehead atoms. The van der Waals surface area contributed by atoms with Crippen molar-refractivity contribution in [2.45, 2.75) is 7.43 Å². The SMILES string of the molecule is C.Cl.Cl.Cl.Cl.N. The predicted molar refractivity (Wildman–Crippen MR) is 40.7 cm³/mol. The molecule has 0 rings (SSSR count). The first-order valence-electron chi connectivity index (χ1n) is 0. The lowest BCUT2D eigenvalue weighted by atomic mass is 12.0. The molecular formula is CH11Cl4N. The van der Waals surface area contributed by atoms with Crippen LogP contribution in [0, 0.1) is 0 Å². The van der Waals surface area contributed by atoms with E-state index in [0.717, 1.165) is 0 Å². The maximum Gasteiger partial charge on any atom is -0.0776 e. The zero-order valence-electron chi connectivity index (χ0n) is 2.34. The molecule has 3 N–H and O–H groups in total. The highest BCUT2D eigenvalue weighted by Gasteiger charge is -0.0775. The highest BCUT2D eigenvalue weighted by Crippen LogP contribution is 0.693. The maximum atomic E-state index is 0. The lowest BCUT2D eigenvalue weighted by molar-refractivity contribution is 2.13. The molecule has 0 aromatic heterocycles. The molecule has 0 atom stereocenters. The Morgan fingerprint density at radius 1 is 0.500 bits per heavy atom. The van der Waals surface area contributed by atoms with Crippen LogP contribution in [0.4, 0.5) is 0 Å². The topological polar surface area (TPSA) is 35.0 Å². The van der Waals surface area contributed by atoms with Crippen molar-refractivity contribution in [3.8, 4) is 0 Å². The molecule has 5 heteroatoms. The van der Waals surface area contributed by atoms with Crippen LogP contribution in [0.5, 0.6) is 0 Å². The monoisotopic (exact) mass is 177 g/mol. The summed E-state index contributed by atoms with van der Waals surface area (Å²) in [5.74, 6) is 0. The molecule has 0 heterocycles. The third kappa shape index (κ3) is 69.3. The lowest BCUT2D eigenvalue weighted by Crippen LogP contribution is -0.481. The van der Waals surface area contributed by atoms with Gasteiger partial charge in [-0.05, 0) is 0 Å². The van der Waals surface area contributed by atoms with Crippen LogP contribution < -0.4 is 6.15 Å². The first-order chi connectivity index (χ1) is 0. The fraction of sp³-hybridized carbons (Fsp3) is 1.00. The van der Waals surface area contributed by atoms with Crippen LogP contribution >= 0.6 is 49.6 Å². The van der Waals surface area contributed by atoms with Crippen molar-refractivity contribution in [3.05, 3.63) is 0 Å². The van der Waals surface area contributed by atoms with Gasteiger partial charge >= 0.3 is 0 Å². The standard InChI is InChI=1S/CH4.4ClH.H3N/h1H4;4*1H;1H3. The summed E-state index contributed by atoms with van der Waals surface area (Å²) in [7, 11) is 0. The normalized spacial score (nSPS) is 0. The first kappa shape index (κ1) is 213. The first-order valence-corrected chi connectivity index (χ1v) is 0. The zero-order chi connectivity index (χ0) is 0. The Hall–Kier alpha value is 1.12. The fourth-order valence-electron chi connectivity index (χ4n) is 0. The number of rotatable bonds is 0. The molecule has 0 spiro atoms. The average Bonchev–Trinajstić information content (AvgIpc) is 0. The van der Waals surface area contributed by atoms with Gasteiger partial charge in [-0.3, -0.25) is 0 Å². The summed E-state index contributed by atoms with van der Waals surface area (Å²) < 4.78 is 0. The van der Waals surface area contributed by atoms with Crippen molar-refractivity contribution < 1.29 is 0 Å². The van der Waals surface area contributed by atoms with E-state index >= 15 is 0 Å². The summed E-state index contributed by atoms with van der Waals surface area (Å²) in [5.41, 5.74) is 0. The van der Waals surface area contributed by atoms with E-state index in [2.05, 4.69) is 0 Å². The van der Waals surface area contributed by atoms with Crippen LogP contribution in [-0.2, 0) is 0 Å². The van der Waals surface area contributed by atoms with Gasteiger partial charge in [-0.25, -0.2) is 0 Å². The molecule has 0 radical (unpaired) electrons. The molecule has 48 valence electrons. The quantitative estimate of drug-likeness (QED) is 0.608. The number of hydrogen-bond donors (Lipinski definition) is 1. The Bertz CT molecular complexity index is 7.51. The van der Waals surface area contributed by atoms with Gasteiger partial charge in [-0.1, -0.05) is 7.43 Å². The third-order valence-electron chi connectivity index (χ3n) is 0. The van der Waals surface area contributed by atoms with Crippen LogP contribution in [-0.4, -0.2) is 0 Å². The summed E-state index contributed by atoms with van der Waals surface area (Å²) >= 11 is 0. The number of hydrogen-bond acceptors (Lipinski definition) is 1. The van der Waals surface area contributed by atoms with Gasteiger partial charge in [0.05, 0.1) is 0 Å². The van der Waals surface area contributed by atoms with Crippen molar-refractivity contribution in [1.29, 1.82) is 0 Å². The molecular weight excluding hydrogens is 168 g/mol. The minimum Gasteiger partial charge on any atom is -0.344 e. The highest BCUT2D eigenvalue weighted by atomic mass is 35.5. The molecule has 0 saturated heterocycles. The van der Waals surface area contributed by atoms with Crippen LogP contribution in [0.25, 0.3) is 0 Å². The zero-order valence-corrected chi connectivity index (χ0v) is 5.61. The number of halogens is 4. The molecule has 0 aliphatic heterocycles. The van der Waals surface area contributed by atoms with E-state index in [1.165, 1.54) is 0 Å². The molecule has 0 aliphatic rings. The summed E-state index contributed by atoms with van der Waals surface area (Å²) in [6.45, 7) is 0. The Morgan fingerprint density at radius 2 is 0.500 bits per heavy atom. The largest absolute Gasteiger partial charge is 0.344 e. The Labute approximate surface area is 63.5 Å². The molecule has 0 fully saturated rings. The van der Waals surface area contributed by atoms with E-state index < -0.39 is 0 Å². The third-order valence-corrected chi connectivity index (χ3v) is 0. The van der Waals surface area contributed by atoms with E-state index in [1.807, 2.05) is 0 Å². The Morgan fingerprint density at radius 3 is 0.500 bits per heavy atom. The fourth-order valence-corrected chi connectivity index (χ4v) is 0. The molecule has 0 aliphatic carbocycles. The van der Waals surface area contributed by atoms with Gasteiger partial charge in [0.2, 0.25) is 0 Å². The van der Waals surface area contributed by atoms with Gasteiger partial charge in [0.15, 0.2) is 0 Å². The average molecular weight is 179 g/mol. The van der Waals surface area contributed by atoms with E-state index in [4.69, 9.17) is 0 Å². The van der Waals surface area contributed by atoms with Crippen molar-refractivity contribution in [2.24, 2.45) is 0 Å². The minimum atomic E-state index is 0. The molecule has 0 unspecified atom stereocenters. The van der Waals surface area contributed by atoms with Crippen molar-refractivity contribution in [3.63, 3.8) is 0 Å². The second-order valence-corrected chi connectivity index (χ2v) is 0. The summed E-state index contributed by atoms with van der Waals surface area (Å²) in [6.07, 6.45) is 0. The second kappa shape index (κ2) is 128. The molecule has 0 aromatic rings. The van der Waals surface area contributed by atoms with Crippen LogP contribution in [0.3, 0.4) is 0 Å². The van der Waals surface area contributed by atoms with Gasteiger partial charge < -0.3 is 6.15 Å². The van der Waals surface area contributed by atoms with Crippen molar-refractivity contribution in [2.75, 3.05) is 0 Å². The highest BCUT2D eigenvalue weighted by molar-refractivity contribution is 5.86. The van der Waals surface area contributed by atoms with Gasteiger partial charge in [0, 0.05) is 0 Å². The molecule has 0 aromatic carbocycles. The van der Waals surface area contributed by atoms with Gasteiger partial charge in [-0.15, -0.1) is 49.6 Å². The van der Waals surface area contributed by atoms with Gasteiger partial charge in [0.25, 0.3) is 0 Å². The minimum absolute atomic E-state index is 0. The van der Waals surface area contributed by atoms with Crippen LogP contribution in [0.15, 0.2) is 0 Å². The van der Waals surface area contributed by atoms with E-state index in [-0.39, 0.29) is 63.2 Å². The Kier molecular flexibility index (Phi) is 4530. The van der Waals surface area contributed by atoms with Crippen molar-refractivity contribution in [1.82, 2.24) is 6.15 Å². The molecule has 6 heavy (non-hydrogen) atoms. The maximum absolute atomic E-state index is 0. The van der Waals surface area contributed by atoms with E-state index in [0.29, 0.717) is 0 Å². The summed E-state index contributed by atoms with van der Waals surface area (Å²) in [6, 6.07) is 0. The second-order valence-electron chi connectivity index (χ2n) is 0. The summed E-state index contributed by atoms with van der Waals surface area (Å²) in [5, 5.41) is 0. The lowest BCUT2D eigenvalue weighted by Gasteiger charge is -0.344. The van der Waals surface area contributed by atoms with Crippen LogP contribution in [0.2, 0.25) is 0 Å². The van der Waals surface area contributed by atoms with E-state index in [1.54, 1.807) is 0 Å². The van der Waals surface area contributed by atoms with Gasteiger partial charge in [-0.2, -0.15) is 0 Å². The smallest absolute Gasteiger partial charge is 0.0776 e.